The van der Waals surface area contributed by atoms with Crippen LogP contribution in [-0.4, -0.2) is 12.3 Å². The van der Waals surface area contributed by atoms with Crippen LogP contribution in [-0.2, 0) is 10.8 Å². The maximum atomic E-state index is 11.7. The van der Waals surface area contributed by atoms with Gasteiger partial charge in [0.2, 0.25) is 0 Å². The Morgan fingerprint density at radius 3 is 2.21 bits per heavy atom. The first kappa shape index (κ1) is 11.4. The molecule has 1 rings (SSSR count). The third-order valence-corrected chi connectivity index (χ3v) is 4.20. The van der Waals surface area contributed by atoms with E-state index in [2.05, 4.69) is 25.3 Å². The lowest BCUT2D eigenvalue weighted by molar-refractivity contribution is 0.688. The van der Waals surface area contributed by atoms with Crippen LogP contribution in [0.15, 0.2) is 46.3 Å². The molecule has 0 bridgehead atoms. The fourth-order valence-electron chi connectivity index (χ4n) is 0.899. The van der Waals surface area contributed by atoms with Gasteiger partial charge in [0, 0.05) is 4.90 Å². The lowest BCUT2D eigenvalue weighted by Gasteiger charge is -2.07. The second-order valence-electron chi connectivity index (χ2n) is 4.28. The molecule has 0 aliphatic heterocycles. The molecule has 0 aliphatic rings. The lowest BCUT2D eigenvalue weighted by atomic mass is 10.4. The van der Waals surface area contributed by atoms with E-state index in [-0.39, 0.29) is 0 Å². The molecule has 0 saturated carbocycles. The minimum atomic E-state index is -1.23. The van der Waals surface area contributed by atoms with Crippen LogP contribution in [0.25, 0.3) is 0 Å². The summed E-state index contributed by atoms with van der Waals surface area (Å²) in [6, 6.07) is 9.55. The molecule has 0 amide bonds. The summed E-state index contributed by atoms with van der Waals surface area (Å²) in [5, 5.41) is 1.82. The van der Waals surface area contributed by atoms with E-state index in [1.165, 1.54) is 0 Å². The van der Waals surface area contributed by atoms with Crippen molar-refractivity contribution < 1.29 is 4.21 Å². The van der Waals surface area contributed by atoms with E-state index in [4.69, 9.17) is 0 Å². The quantitative estimate of drug-likeness (QED) is 0.721. The summed E-state index contributed by atoms with van der Waals surface area (Å²) in [6.45, 7) is 6.68. The summed E-state index contributed by atoms with van der Waals surface area (Å²) in [4.78, 5) is 0.877. The zero-order valence-corrected chi connectivity index (χ0v) is 10.7. The smallest absolute Gasteiger partial charge is 0.0768 e. The third-order valence-electron chi connectivity index (χ3n) is 1.67. The van der Waals surface area contributed by atoms with Crippen LogP contribution >= 0.6 is 0 Å². The van der Waals surface area contributed by atoms with Crippen LogP contribution in [0.4, 0.5) is 0 Å². The monoisotopic (exact) mass is 224 g/mol. The fourth-order valence-corrected chi connectivity index (χ4v) is 3.61. The van der Waals surface area contributed by atoms with E-state index in [0.717, 1.165) is 4.90 Å². The first-order valence-electron chi connectivity index (χ1n) is 4.64. The summed E-state index contributed by atoms with van der Waals surface area (Å²) >= 11 is 0. The van der Waals surface area contributed by atoms with Crippen LogP contribution in [0, 0.1) is 0 Å². The second-order valence-corrected chi connectivity index (χ2v) is 10.7. The van der Waals surface area contributed by atoms with Gasteiger partial charge in [-0.05, 0) is 17.5 Å². The van der Waals surface area contributed by atoms with E-state index < -0.39 is 18.9 Å². The standard InChI is InChI=1S/C11H16OSSi/c1-14(2,3)10-9-13(12)11-7-5-4-6-8-11/h4-10H,1-3H3/b10-9+. The van der Waals surface area contributed by atoms with Crippen molar-refractivity contribution in [2.75, 3.05) is 0 Å². The molecule has 1 unspecified atom stereocenters. The molecule has 0 N–H and O–H groups in total. The van der Waals surface area contributed by atoms with Gasteiger partial charge in [-0.3, -0.25) is 0 Å². The van der Waals surface area contributed by atoms with Crippen LogP contribution < -0.4 is 0 Å². The molecular formula is C11H16OSSi. The maximum absolute atomic E-state index is 11.7. The van der Waals surface area contributed by atoms with Crippen molar-refractivity contribution in [1.82, 2.24) is 0 Å². The van der Waals surface area contributed by atoms with Gasteiger partial charge in [-0.1, -0.05) is 43.5 Å². The summed E-state index contributed by atoms with van der Waals surface area (Å²) in [6.07, 6.45) is 0. The molecule has 1 aromatic carbocycles. The van der Waals surface area contributed by atoms with Crippen molar-refractivity contribution in [2.24, 2.45) is 0 Å². The Hall–Kier alpha value is -0.673. The second kappa shape index (κ2) is 4.71. The Morgan fingerprint density at radius 1 is 1.14 bits per heavy atom. The average Bonchev–Trinajstić information content (AvgIpc) is 2.14. The third kappa shape index (κ3) is 4.02. The molecular weight excluding hydrogens is 208 g/mol. The summed E-state index contributed by atoms with van der Waals surface area (Å²) in [7, 11) is -2.20. The summed E-state index contributed by atoms with van der Waals surface area (Å²) in [5.74, 6) is 0. The van der Waals surface area contributed by atoms with E-state index in [1.807, 2.05) is 35.7 Å². The number of hydrogen-bond acceptors (Lipinski definition) is 1. The Balaban J connectivity index is 2.74. The highest BCUT2D eigenvalue weighted by atomic mass is 32.2. The van der Waals surface area contributed by atoms with Crippen molar-refractivity contribution in [2.45, 2.75) is 24.5 Å². The van der Waals surface area contributed by atoms with Crippen LogP contribution in [0.1, 0.15) is 0 Å². The van der Waals surface area contributed by atoms with Gasteiger partial charge in [-0.25, -0.2) is 4.21 Å². The first-order valence-corrected chi connectivity index (χ1v) is 9.43. The normalized spacial score (nSPS) is 14.5. The number of hydrogen-bond donors (Lipinski definition) is 0. The topological polar surface area (TPSA) is 17.1 Å². The summed E-state index contributed by atoms with van der Waals surface area (Å²) in [5.41, 5.74) is 2.12. The molecule has 1 aromatic rings. The van der Waals surface area contributed by atoms with Gasteiger partial charge in [0.05, 0.1) is 18.9 Å². The van der Waals surface area contributed by atoms with E-state index in [9.17, 15) is 4.21 Å². The van der Waals surface area contributed by atoms with Gasteiger partial charge in [-0.2, -0.15) is 0 Å². The van der Waals surface area contributed by atoms with Crippen LogP contribution in [0.3, 0.4) is 0 Å². The van der Waals surface area contributed by atoms with Crippen LogP contribution in [0.5, 0.6) is 0 Å². The van der Waals surface area contributed by atoms with Gasteiger partial charge in [0.15, 0.2) is 0 Å². The molecule has 0 spiro atoms. The highest BCUT2D eigenvalue weighted by Crippen LogP contribution is 2.09. The first-order chi connectivity index (χ1) is 6.49. The van der Waals surface area contributed by atoms with Crippen molar-refractivity contribution in [3.05, 3.63) is 41.4 Å². The van der Waals surface area contributed by atoms with Gasteiger partial charge in [-0.15, -0.1) is 0 Å². The predicted octanol–water partition coefficient (Wildman–Crippen LogP) is 3.19. The Morgan fingerprint density at radius 2 is 1.71 bits per heavy atom. The molecule has 0 fully saturated rings. The average molecular weight is 224 g/mol. The molecule has 14 heavy (non-hydrogen) atoms. The molecule has 76 valence electrons. The van der Waals surface area contributed by atoms with Gasteiger partial charge in [0.1, 0.15) is 0 Å². The Bertz CT molecular complexity index is 338. The Kier molecular flexibility index (Phi) is 3.83. The molecule has 0 radical (unpaired) electrons. The van der Waals surface area contributed by atoms with Crippen molar-refractivity contribution in [3.63, 3.8) is 0 Å². The molecule has 0 heterocycles. The Labute approximate surface area is 89.3 Å². The SMILES string of the molecule is C[Si](C)(C)/C=C/S(=O)c1ccccc1. The van der Waals surface area contributed by atoms with Crippen molar-refractivity contribution in [1.29, 1.82) is 0 Å². The minimum absolute atomic E-state index is 0.877. The van der Waals surface area contributed by atoms with Crippen molar-refractivity contribution in [3.8, 4) is 0 Å². The van der Waals surface area contributed by atoms with E-state index in [0.29, 0.717) is 0 Å². The molecule has 0 aromatic heterocycles. The van der Waals surface area contributed by atoms with E-state index in [1.54, 1.807) is 0 Å². The molecule has 1 nitrogen and oxygen atoms in total. The summed E-state index contributed by atoms with van der Waals surface area (Å²) < 4.78 is 11.7. The van der Waals surface area contributed by atoms with Gasteiger partial charge < -0.3 is 0 Å². The molecule has 0 saturated heterocycles. The van der Waals surface area contributed by atoms with Gasteiger partial charge >= 0.3 is 0 Å². The highest BCUT2D eigenvalue weighted by Gasteiger charge is 2.08. The lowest BCUT2D eigenvalue weighted by Crippen LogP contribution is -2.15. The maximum Gasteiger partial charge on any atom is 0.0768 e. The fraction of sp³-hybridized carbons (Fsp3) is 0.273. The van der Waals surface area contributed by atoms with E-state index >= 15 is 0 Å². The minimum Gasteiger partial charge on any atom is -0.250 e. The van der Waals surface area contributed by atoms with Crippen molar-refractivity contribution >= 4 is 18.9 Å². The zero-order chi connectivity index (χ0) is 10.6. The van der Waals surface area contributed by atoms with Gasteiger partial charge in [0.25, 0.3) is 0 Å². The number of benzene rings is 1. The zero-order valence-electron chi connectivity index (χ0n) is 8.86. The highest BCUT2D eigenvalue weighted by molar-refractivity contribution is 7.88. The molecule has 0 aliphatic carbocycles. The molecule has 3 heteroatoms. The number of rotatable bonds is 3. The predicted molar refractivity (Wildman–Crippen MR) is 65.3 cm³/mol. The largest absolute Gasteiger partial charge is 0.250 e. The molecule has 1 atom stereocenters. The van der Waals surface area contributed by atoms with Crippen LogP contribution in [0.2, 0.25) is 19.6 Å².